The number of alkyl halides is 3. The molecule has 0 aliphatic rings. The van der Waals surface area contributed by atoms with E-state index in [9.17, 15) is 18.0 Å². The molecule has 0 bridgehead atoms. The van der Waals surface area contributed by atoms with Crippen LogP contribution in [0.5, 0.6) is 0 Å². The lowest BCUT2D eigenvalue weighted by atomic mass is 10.6. The van der Waals surface area contributed by atoms with E-state index < -0.39 is 23.3 Å². The van der Waals surface area contributed by atoms with Crippen molar-refractivity contribution in [3.63, 3.8) is 0 Å². The average molecular weight is 267 g/mol. The summed E-state index contributed by atoms with van der Waals surface area (Å²) < 4.78 is 37.7. The van der Waals surface area contributed by atoms with Crippen molar-refractivity contribution in [2.24, 2.45) is 0 Å². The molecule has 2 aromatic rings. The van der Waals surface area contributed by atoms with E-state index in [1.807, 2.05) is 0 Å². The molecule has 0 saturated carbocycles. The van der Waals surface area contributed by atoms with Crippen molar-refractivity contribution in [2.75, 3.05) is 0 Å². The Morgan fingerprint density at radius 3 is 2.59 bits per heavy atom. The van der Waals surface area contributed by atoms with Gasteiger partial charge in [-0.15, -0.1) is 9.78 Å². The van der Waals surface area contributed by atoms with Gasteiger partial charge in [-0.25, -0.2) is 9.78 Å². The molecule has 0 aliphatic heterocycles. The molecule has 0 fully saturated rings. The fraction of sp³-hybridized carbons (Fsp3) is 0.167. The quantitative estimate of drug-likeness (QED) is 0.712. The molecule has 0 N–H and O–H groups in total. The van der Waals surface area contributed by atoms with Gasteiger partial charge in [0.15, 0.2) is 0 Å². The van der Waals surface area contributed by atoms with Gasteiger partial charge < -0.3 is 0 Å². The van der Waals surface area contributed by atoms with Gasteiger partial charge in [-0.2, -0.15) is 27.9 Å². The van der Waals surface area contributed by atoms with Crippen molar-refractivity contribution >= 4 is 17.6 Å². The van der Waals surface area contributed by atoms with Gasteiger partial charge in [-0.1, -0.05) is 0 Å². The summed E-state index contributed by atoms with van der Waals surface area (Å²) in [5.74, 6) is -1.50. The Hall–Kier alpha value is -1.97. The topological polar surface area (TPSA) is 78.5 Å². The Bertz CT molecular complexity index is 547. The average Bonchev–Trinajstić information content (AvgIpc) is 2.83. The van der Waals surface area contributed by atoms with Crippen molar-refractivity contribution < 1.29 is 18.0 Å². The highest BCUT2D eigenvalue weighted by Crippen LogP contribution is 2.27. The molecule has 0 saturated heterocycles. The molecular formula is C6H2ClF3N6O. The summed E-state index contributed by atoms with van der Waals surface area (Å²) in [6.07, 6.45) is -2.75. The third kappa shape index (κ3) is 2.11. The number of halogens is 4. The minimum Gasteiger partial charge on any atom is -0.243 e. The van der Waals surface area contributed by atoms with Crippen molar-refractivity contribution in [3.8, 4) is 0 Å². The Morgan fingerprint density at radius 2 is 2.12 bits per heavy atom. The largest absolute Gasteiger partial charge is 0.453 e. The predicted octanol–water partition coefficient (Wildman–Crippen LogP) is 1.06. The molecule has 0 amide bonds. The van der Waals surface area contributed by atoms with Gasteiger partial charge >= 0.3 is 12.2 Å². The number of hydrogen-bond donors (Lipinski definition) is 0. The first kappa shape index (κ1) is 11.5. The second-order valence-corrected chi connectivity index (χ2v) is 3.07. The van der Waals surface area contributed by atoms with E-state index in [2.05, 4.69) is 20.2 Å². The Morgan fingerprint density at radius 1 is 1.41 bits per heavy atom. The van der Waals surface area contributed by atoms with Crippen molar-refractivity contribution in [1.82, 2.24) is 29.5 Å². The molecule has 0 spiro atoms. The first-order valence-corrected chi connectivity index (χ1v) is 4.36. The zero-order valence-corrected chi connectivity index (χ0v) is 8.51. The lowest BCUT2D eigenvalue weighted by Crippen LogP contribution is -2.22. The van der Waals surface area contributed by atoms with Crippen LogP contribution in [-0.2, 0) is 6.18 Å². The first-order valence-electron chi connectivity index (χ1n) is 3.98. The van der Waals surface area contributed by atoms with Gasteiger partial charge in [0.25, 0.3) is 5.82 Å². The summed E-state index contributed by atoms with van der Waals surface area (Å²) in [6, 6.07) is -1.02. The highest BCUT2D eigenvalue weighted by Gasteiger charge is 2.37. The van der Waals surface area contributed by atoms with Crippen LogP contribution in [0.4, 0.5) is 18.0 Å². The molecule has 2 aromatic heterocycles. The van der Waals surface area contributed by atoms with Gasteiger partial charge in [0, 0.05) is 0 Å². The minimum absolute atomic E-state index is 0.277. The third-order valence-electron chi connectivity index (χ3n) is 1.62. The molecule has 0 radical (unpaired) electrons. The number of rotatable bonds is 0. The van der Waals surface area contributed by atoms with Gasteiger partial charge in [0.05, 0.1) is 0 Å². The van der Waals surface area contributed by atoms with E-state index in [1.165, 1.54) is 0 Å². The fourth-order valence-electron chi connectivity index (χ4n) is 0.939. The van der Waals surface area contributed by atoms with Gasteiger partial charge in [-0.3, -0.25) is 0 Å². The maximum atomic E-state index is 12.2. The van der Waals surface area contributed by atoms with Crippen molar-refractivity contribution in [1.29, 1.82) is 0 Å². The summed E-state index contributed by atoms with van der Waals surface area (Å²) >= 11 is 5.37. The normalized spacial score (nSPS) is 11.8. The molecule has 90 valence electrons. The summed E-state index contributed by atoms with van der Waals surface area (Å²) in [6.45, 7) is 0. The van der Waals surface area contributed by atoms with E-state index in [-0.39, 0.29) is 4.68 Å². The van der Waals surface area contributed by atoms with E-state index in [0.717, 1.165) is 12.7 Å². The molecule has 0 aromatic carbocycles. The molecule has 11 heteroatoms. The van der Waals surface area contributed by atoms with E-state index in [1.54, 1.807) is 0 Å². The van der Waals surface area contributed by atoms with Crippen LogP contribution in [0.1, 0.15) is 5.82 Å². The molecule has 17 heavy (non-hydrogen) atoms. The summed E-state index contributed by atoms with van der Waals surface area (Å²) in [4.78, 5) is 17.9. The second kappa shape index (κ2) is 3.80. The smallest absolute Gasteiger partial charge is 0.243 e. The van der Waals surface area contributed by atoms with Crippen LogP contribution in [0.2, 0.25) is 5.28 Å². The molecule has 0 unspecified atom stereocenters. The highest BCUT2D eigenvalue weighted by atomic mass is 35.5. The van der Waals surface area contributed by atoms with Crippen LogP contribution in [0.15, 0.2) is 12.7 Å². The van der Waals surface area contributed by atoms with Crippen LogP contribution in [0.25, 0.3) is 0 Å². The van der Waals surface area contributed by atoms with Crippen LogP contribution < -0.4 is 0 Å². The molecular weight excluding hydrogens is 265 g/mol. The molecule has 2 rings (SSSR count). The molecule has 7 nitrogen and oxygen atoms in total. The fourth-order valence-corrected chi connectivity index (χ4v) is 1.13. The van der Waals surface area contributed by atoms with Gasteiger partial charge in [0.1, 0.15) is 12.7 Å². The van der Waals surface area contributed by atoms with Crippen molar-refractivity contribution in [2.45, 2.75) is 6.18 Å². The standard InChI is InChI=1S/C6H2ClF3N6O/c7-4-13-3(6(8,9)10)14-16(4)5(17)15-2-11-1-12-15/h1-2H. The van der Waals surface area contributed by atoms with Crippen LogP contribution in [0.3, 0.4) is 0 Å². The number of carbonyl (C=O) groups excluding carboxylic acids is 1. The Labute approximate surface area is 95.8 Å². The Kier molecular flexibility index (Phi) is 2.58. The SMILES string of the molecule is O=C(n1cncn1)n1nc(C(F)(F)F)nc1Cl. The van der Waals surface area contributed by atoms with Gasteiger partial charge in [-0.05, 0) is 11.6 Å². The highest BCUT2D eigenvalue weighted by molar-refractivity contribution is 6.29. The molecule has 0 atom stereocenters. The van der Waals surface area contributed by atoms with E-state index >= 15 is 0 Å². The Balaban J connectivity index is 2.41. The van der Waals surface area contributed by atoms with Crippen LogP contribution in [-0.4, -0.2) is 35.6 Å². The number of aromatic nitrogens is 6. The maximum absolute atomic E-state index is 12.2. The van der Waals surface area contributed by atoms with Crippen LogP contribution >= 0.6 is 11.6 Å². The maximum Gasteiger partial charge on any atom is 0.453 e. The van der Waals surface area contributed by atoms with E-state index in [4.69, 9.17) is 11.6 Å². The lowest BCUT2D eigenvalue weighted by Gasteiger charge is -1.99. The zero-order chi connectivity index (χ0) is 12.6. The van der Waals surface area contributed by atoms with Crippen LogP contribution in [0, 0.1) is 0 Å². The van der Waals surface area contributed by atoms with Crippen molar-refractivity contribution in [3.05, 3.63) is 23.8 Å². The molecule has 2 heterocycles. The van der Waals surface area contributed by atoms with Gasteiger partial charge in [0.2, 0.25) is 5.28 Å². The summed E-state index contributed by atoms with van der Waals surface area (Å²) in [7, 11) is 0. The lowest BCUT2D eigenvalue weighted by molar-refractivity contribution is -0.144. The summed E-state index contributed by atoms with van der Waals surface area (Å²) in [5, 5.41) is 5.67. The number of carbonyl (C=O) groups is 1. The third-order valence-corrected chi connectivity index (χ3v) is 1.86. The predicted molar refractivity (Wildman–Crippen MR) is 46.2 cm³/mol. The first-order chi connectivity index (χ1) is 7.89. The second-order valence-electron chi connectivity index (χ2n) is 2.74. The molecule has 0 aliphatic carbocycles. The monoisotopic (exact) mass is 266 g/mol. The minimum atomic E-state index is -4.78. The van der Waals surface area contributed by atoms with E-state index in [0.29, 0.717) is 4.68 Å². The summed E-state index contributed by atoms with van der Waals surface area (Å²) in [5.41, 5.74) is 0. The number of hydrogen-bond acceptors (Lipinski definition) is 5. The zero-order valence-electron chi connectivity index (χ0n) is 7.76. The number of nitrogens with zero attached hydrogens (tertiary/aromatic N) is 6.